The van der Waals surface area contributed by atoms with Gasteiger partial charge in [-0.05, 0) is 18.2 Å². The number of hydrogen-bond acceptors (Lipinski definition) is 3. The molecule has 0 fully saturated rings. The van der Waals surface area contributed by atoms with Crippen molar-refractivity contribution in [3.63, 3.8) is 0 Å². The van der Waals surface area contributed by atoms with Gasteiger partial charge in [0.25, 0.3) is 0 Å². The average Bonchev–Trinajstić information content (AvgIpc) is 2.12. The van der Waals surface area contributed by atoms with E-state index < -0.39 is 6.04 Å². The molecular formula is C9H8BrNO2. The zero-order valence-electron chi connectivity index (χ0n) is 6.79. The number of ether oxygens (including phenoxy) is 1. The Balaban J connectivity index is 2.51. The summed E-state index contributed by atoms with van der Waals surface area (Å²) in [6.07, 6.45) is 0. The highest BCUT2D eigenvalue weighted by molar-refractivity contribution is 9.10. The summed E-state index contributed by atoms with van der Waals surface area (Å²) in [4.78, 5) is 11.5. The van der Waals surface area contributed by atoms with Crippen molar-refractivity contribution in [1.82, 2.24) is 0 Å². The first-order valence-electron chi connectivity index (χ1n) is 3.90. The molecule has 1 aliphatic rings. The zero-order valence-corrected chi connectivity index (χ0v) is 8.37. The number of Topliss-reactive ketones (excluding diaryl/α,β-unsaturated/α-hetero) is 1. The number of carbonyl (C=O) groups is 1. The fourth-order valence-electron chi connectivity index (χ4n) is 1.28. The van der Waals surface area contributed by atoms with Gasteiger partial charge in [0, 0.05) is 4.47 Å². The molecule has 1 aromatic carbocycles. The van der Waals surface area contributed by atoms with Crippen LogP contribution >= 0.6 is 15.9 Å². The molecule has 0 amide bonds. The molecule has 1 heterocycles. The lowest BCUT2D eigenvalue weighted by atomic mass is 10.0. The van der Waals surface area contributed by atoms with Crippen molar-refractivity contribution < 1.29 is 9.53 Å². The summed E-state index contributed by atoms with van der Waals surface area (Å²) in [7, 11) is 0. The molecule has 0 bridgehead atoms. The molecule has 3 nitrogen and oxygen atoms in total. The monoisotopic (exact) mass is 241 g/mol. The summed E-state index contributed by atoms with van der Waals surface area (Å²) < 4.78 is 6.15. The minimum absolute atomic E-state index is 0.0532. The number of hydrogen-bond donors (Lipinski definition) is 1. The van der Waals surface area contributed by atoms with Crippen LogP contribution in [0.5, 0.6) is 5.75 Å². The third-order valence-corrected chi connectivity index (χ3v) is 2.46. The lowest BCUT2D eigenvalue weighted by Crippen LogP contribution is -2.40. The Bertz CT molecular complexity index is 365. The van der Waals surface area contributed by atoms with Crippen LogP contribution in [-0.4, -0.2) is 18.4 Å². The van der Waals surface area contributed by atoms with E-state index in [1.807, 2.05) is 6.07 Å². The van der Waals surface area contributed by atoms with Crippen molar-refractivity contribution >= 4 is 21.7 Å². The second-order valence-corrected chi connectivity index (χ2v) is 3.84. The number of fused-ring (bicyclic) bond motifs is 1. The van der Waals surface area contributed by atoms with E-state index in [-0.39, 0.29) is 12.4 Å². The molecule has 0 unspecified atom stereocenters. The molecule has 1 aromatic rings. The molecule has 2 rings (SSSR count). The highest BCUT2D eigenvalue weighted by atomic mass is 79.9. The molecule has 0 aromatic heterocycles. The second kappa shape index (κ2) is 3.12. The van der Waals surface area contributed by atoms with Crippen LogP contribution in [-0.2, 0) is 0 Å². The standard InChI is InChI=1S/C9H8BrNO2/c10-5-1-2-8-6(3-5)9(12)7(11)4-13-8/h1-3,7H,4,11H2/t7-/m1/s1. The number of benzene rings is 1. The molecular weight excluding hydrogens is 234 g/mol. The van der Waals surface area contributed by atoms with Gasteiger partial charge in [-0.15, -0.1) is 0 Å². The molecule has 0 aliphatic carbocycles. The summed E-state index contributed by atoms with van der Waals surface area (Å²) in [5.41, 5.74) is 6.12. The molecule has 13 heavy (non-hydrogen) atoms. The maximum atomic E-state index is 11.5. The van der Waals surface area contributed by atoms with Crippen LogP contribution < -0.4 is 10.5 Å². The summed E-state index contributed by atoms with van der Waals surface area (Å²) >= 11 is 3.29. The van der Waals surface area contributed by atoms with Gasteiger partial charge in [0.1, 0.15) is 18.4 Å². The van der Waals surface area contributed by atoms with Crippen molar-refractivity contribution in [2.75, 3.05) is 6.61 Å². The summed E-state index contributed by atoms with van der Waals surface area (Å²) in [6.45, 7) is 0.271. The smallest absolute Gasteiger partial charge is 0.186 e. The Hall–Kier alpha value is -0.870. The maximum absolute atomic E-state index is 11.5. The van der Waals surface area contributed by atoms with E-state index in [0.717, 1.165) is 4.47 Å². The number of rotatable bonds is 0. The quantitative estimate of drug-likeness (QED) is 0.747. The van der Waals surface area contributed by atoms with Gasteiger partial charge in [0.2, 0.25) is 0 Å². The number of carbonyl (C=O) groups excluding carboxylic acids is 1. The Morgan fingerprint density at radius 2 is 2.31 bits per heavy atom. The summed E-state index contributed by atoms with van der Waals surface area (Å²) in [6, 6.07) is 4.81. The van der Waals surface area contributed by atoms with Gasteiger partial charge in [-0.1, -0.05) is 15.9 Å². The molecule has 1 atom stereocenters. The number of nitrogens with two attached hydrogens (primary N) is 1. The van der Waals surface area contributed by atoms with E-state index in [1.54, 1.807) is 12.1 Å². The first-order chi connectivity index (χ1) is 6.18. The van der Waals surface area contributed by atoms with Crippen molar-refractivity contribution in [1.29, 1.82) is 0 Å². The van der Waals surface area contributed by atoms with E-state index in [2.05, 4.69) is 15.9 Å². The van der Waals surface area contributed by atoms with Gasteiger partial charge in [-0.2, -0.15) is 0 Å². The van der Waals surface area contributed by atoms with Crippen LogP contribution in [0.1, 0.15) is 10.4 Å². The number of halogens is 1. The van der Waals surface area contributed by atoms with E-state index in [4.69, 9.17) is 10.5 Å². The van der Waals surface area contributed by atoms with Crippen LogP contribution in [0.25, 0.3) is 0 Å². The number of ketones is 1. The molecule has 4 heteroatoms. The molecule has 2 N–H and O–H groups in total. The highest BCUT2D eigenvalue weighted by Crippen LogP contribution is 2.27. The maximum Gasteiger partial charge on any atom is 0.186 e. The molecule has 0 saturated carbocycles. The van der Waals surface area contributed by atoms with Gasteiger partial charge in [0.05, 0.1) is 5.56 Å². The van der Waals surface area contributed by atoms with Crippen molar-refractivity contribution in [2.24, 2.45) is 5.73 Å². The highest BCUT2D eigenvalue weighted by Gasteiger charge is 2.25. The van der Waals surface area contributed by atoms with Gasteiger partial charge in [-0.25, -0.2) is 0 Å². The molecule has 1 aliphatic heterocycles. The van der Waals surface area contributed by atoms with Crippen LogP contribution in [0.3, 0.4) is 0 Å². The fraction of sp³-hybridized carbons (Fsp3) is 0.222. The van der Waals surface area contributed by atoms with E-state index in [0.29, 0.717) is 11.3 Å². The van der Waals surface area contributed by atoms with Crippen molar-refractivity contribution in [2.45, 2.75) is 6.04 Å². The largest absolute Gasteiger partial charge is 0.491 e. The Morgan fingerprint density at radius 1 is 1.54 bits per heavy atom. The van der Waals surface area contributed by atoms with Crippen LogP contribution in [0.2, 0.25) is 0 Å². The van der Waals surface area contributed by atoms with E-state index >= 15 is 0 Å². The SMILES string of the molecule is N[C@@H]1COc2ccc(Br)cc2C1=O. The van der Waals surface area contributed by atoms with Crippen LogP contribution in [0, 0.1) is 0 Å². The third-order valence-electron chi connectivity index (χ3n) is 1.96. The minimum Gasteiger partial charge on any atom is -0.491 e. The van der Waals surface area contributed by atoms with E-state index in [1.165, 1.54) is 0 Å². The topological polar surface area (TPSA) is 52.3 Å². The van der Waals surface area contributed by atoms with Gasteiger partial charge >= 0.3 is 0 Å². The van der Waals surface area contributed by atoms with Gasteiger partial charge in [0.15, 0.2) is 5.78 Å². The Morgan fingerprint density at radius 3 is 3.08 bits per heavy atom. The van der Waals surface area contributed by atoms with E-state index in [9.17, 15) is 4.79 Å². The molecule has 0 saturated heterocycles. The van der Waals surface area contributed by atoms with Crippen LogP contribution in [0.4, 0.5) is 0 Å². The minimum atomic E-state index is -0.526. The lowest BCUT2D eigenvalue weighted by molar-refractivity contribution is 0.0899. The first-order valence-corrected chi connectivity index (χ1v) is 4.70. The first kappa shape index (κ1) is 8.72. The average molecular weight is 242 g/mol. The van der Waals surface area contributed by atoms with Gasteiger partial charge < -0.3 is 10.5 Å². The third kappa shape index (κ3) is 1.47. The predicted octanol–water partition coefficient (Wildman–Crippen LogP) is 1.35. The zero-order chi connectivity index (χ0) is 9.42. The Kier molecular flexibility index (Phi) is 2.09. The van der Waals surface area contributed by atoms with Crippen molar-refractivity contribution in [3.05, 3.63) is 28.2 Å². The van der Waals surface area contributed by atoms with Crippen molar-refractivity contribution in [3.8, 4) is 5.75 Å². The summed E-state index contributed by atoms with van der Waals surface area (Å²) in [5, 5.41) is 0. The Labute approximate surface area is 84.0 Å². The van der Waals surface area contributed by atoms with Crippen LogP contribution in [0.15, 0.2) is 22.7 Å². The second-order valence-electron chi connectivity index (χ2n) is 2.92. The normalized spacial score (nSPS) is 20.8. The fourth-order valence-corrected chi connectivity index (χ4v) is 1.64. The molecule has 0 radical (unpaired) electrons. The van der Waals surface area contributed by atoms with Gasteiger partial charge in [-0.3, -0.25) is 4.79 Å². The molecule has 68 valence electrons. The lowest BCUT2D eigenvalue weighted by Gasteiger charge is -2.20. The summed E-state index contributed by atoms with van der Waals surface area (Å²) in [5.74, 6) is 0.567. The molecule has 0 spiro atoms. The predicted molar refractivity (Wildman–Crippen MR) is 51.9 cm³/mol.